The van der Waals surface area contributed by atoms with Crippen LogP contribution < -0.4 is 9.47 Å². The summed E-state index contributed by atoms with van der Waals surface area (Å²) in [5, 5.41) is -0.165. The first-order valence-electron chi connectivity index (χ1n) is 7.03. The highest BCUT2D eigenvalue weighted by molar-refractivity contribution is 9.10. The minimum atomic E-state index is -0.165. The smallest absolute Gasteiger partial charge is 0.241 e. The van der Waals surface area contributed by atoms with Crippen molar-refractivity contribution in [2.75, 3.05) is 20.3 Å². The molecule has 0 bridgehead atoms. The third-order valence-electron chi connectivity index (χ3n) is 3.32. The van der Waals surface area contributed by atoms with Crippen molar-refractivity contribution in [2.24, 2.45) is 0 Å². The number of nitrogens with zero attached hydrogens (tertiary/aromatic N) is 1. The number of thioether (sulfide) groups is 1. The van der Waals surface area contributed by atoms with E-state index in [1.165, 1.54) is 11.8 Å². The maximum Gasteiger partial charge on any atom is 0.241 e. The van der Waals surface area contributed by atoms with E-state index in [0.717, 1.165) is 10.0 Å². The average molecular weight is 404 g/mol. The molecular weight excluding hydrogens is 386 g/mol. The van der Waals surface area contributed by atoms with Crippen LogP contribution in [0.25, 0.3) is 0 Å². The van der Waals surface area contributed by atoms with Gasteiger partial charge in [0.2, 0.25) is 5.91 Å². The van der Waals surface area contributed by atoms with Crippen LogP contribution in [0.5, 0.6) is 11.5 Å². The van der Waals surface area contributed by atoms with Crippen LogP contribution in [0.4, 0.5) is 0 Å². The lowest BCUT2D eigenvalue weighted by atomic mass is 10.1. The van der Waals surface area contributed by atoms with Gasteiger partial charge in [0.05, 0.1) is 23.4 Å². The lowest BCUT2D eigenvalue weighted by Crippen LogP contribution is -2.31. The topological polar surface area (TPSA) is 38.8 Å². The number of hydrogen-bond donors (Lipinski definition) is 0. The van der Waals surface area contributed by atoms with Gasteiger partial charge in [-0.05, 0) is 53.9 Å². The maximum atomic E-state index is 12.3. The Morgan fingerprint density at radius 2 is 2.14 bits per heavy atom. The minimum Gasteiger partial charge on any atom is -0.492 e. The van der Waals surface area contributed by atoms with Gasteiger partial charge in [-0.15, -0.1) is 0 Å². The molecule has 0 saturated carbocycles. The second-order valence-corrected chi connectivity index (χ2v) is 7.39. The van der Waals surface area contributed by atoms with Crippen LogP contribution >= 0.6 is 39.9 Å². The Morgan fingerprint density at radius 1 is 1.41 bits per heavy atom. The molecule has 1 fully saturated rings. The summed E-state index contributed by atoms with van der Waals surface area (Å²) in [4.78, 5) is 14.0. The Morgan fingerprint density at radius 3 is 2.68 bits per heavy atom. The van der Waals surface area contributed by atoms with E-state index in [1.54, 1.807) is 12.0 Å². The first-order valence-corrected chi connectivity index (χ1v) is 9.11. The number of carbonyl (C=O) groups is 1. The molecule has 1 aromatic carbocycles. The molecule has 0 unspecified atom stereocenters. The molecule has 4 nitrogen and oxygen atoms in total. The second kappa shape index (κ2) is 7.66. The van der Waals surface area contributed by atoms with Crippen LogP contribution in [-0.2, 0) is 11.2 Å². The van der Waals surface area contributed by atoms with E-state index < -0.39 is 0 Å². The highest BCUT2D eigenvalue weighted by Gasteiger charge is 2.35. The van der Waals surface area contributed by atoms with Gasteiger partial charge in [-0.2, -0.15) is 0 Å². The second-order valence-electron chi connectivity index (χ2n) is 4.70. The third-order valence-corrected chi connectivity index (χ3v) is 5.49. The Bertz CT molecular complexity index is 594. The molecule has 0 spiro atoms. The van der Waals surface area contributed by atoms with E-state index >= 15 is 0 Å². The number of amides is 1. The van der Waals surface area contributed by atoms with Crippen molar-refractivity contribution in [3.63, 3.8) is 0 Å². The van der Waals surface area contributed by atoms with Crippen LogP contribution in [0, 0.1) is 0 Å². The Kier molecular flexibility index (Phi) is 6.11. The summed E-state index contributed by atoms with van der Waals surface area (Å²) in [5.41, 5.74) is 1.02. The molecule has 1 aromatic rings. The summed E-state index contributed by atoms with van der Waals surface area (Å²) >= 11 is 10.2. The minimum absolute atomic E-state index is 0.0856. The Labute approximate surface area is 148 Å². The van der Waals surface area contributed by atoms with Crippen molar-refractivity contribution in [3.05, 3.63) is 22.2 Å². The van der Waals surface area contributed by atoms with Crippen LogP contribution in [0.3, 0.4) is 0 Å². The van der Waals surface area contributed by atoms with Gasteiger partial charge in [-0.1, -0.05) is 24.0 Å². The molecule has 0 radical (unpaired) electrons. The normalized spacial score (nSPS) is 18.0. The first kappa shape index (κ1) is 17.6. The molecule has 0 aliphatic carbocycles. The summed E-state index contributed by atoms with van der Waals surface area (Å²) in [6, 6.07) is 3.89. The molecule has 1 atom stereocenters. The van der Waals surface area contributed by atoms with Crippen LogP contribution in [-0.4, -0.2) is 40.6 Å². The van der Waals surface area contributed by atoms with Gasteiger partial charge in [0.25, 0.3) is 0 Å². The predicted molar refractivity (Wildman–Crippen MR) is 96.9 cm³/mol. The summed E-state index contributed by atoms with van der Waals surface area (Å²) in [6.45, 7) is 5.03. The Balaban J connectivity index is 2.23. The van der Waals surface area contributed by atoms with E-state index in [2.05, 4.69) is 15.9 Å². The van der Waals surface area contributed by atoms with Gasteiger partial charge in [0, 0.05) is 6.54 Å². The van der Waals surface area contributed by atoms with Crippen molar-refractivity contribution in [1.82, 2.24) is 4.90 Å². The Hall–Kier alpha value is -0.790. The van der Waals surface area contributed by atoms with Crippen molar-refractivity contribution >= 4 is 50.1 Å². The highest BCUT2D eigenvalue weighted by Crippen LogP contribution is 2.38. The van der Waals surface area contributed by atoms with Gasteiger partial charge in [-0.25, -0.2) is 0 Å². The zero-order chi connectivity index (χ0) is 16.3. The van der Waals surface area contributed by atoms with E-state index in [4.69, 9.17) is 21.7 Å². The zero-order valence-electron chi connectivity index (χ0n) is 12.7. The molecule has 2 rings (SSSR count). The van der Waals surface area contributed by atoms with Gasteiger partial charge in [0.1, 0.15) is 4.32 Å². The number of halogens is 1. The van der Waals surface area contributed by atoms with E-state index in [0.29, 0.717) is 35.4 Å². The molecule has 1 aliphatic heterocycles. The fourth-order valence-corrected chi connectivity index (χ4v) is 4.64. The monoisotopic (exact) mass is 403 g/mol. The number of ether oxygens (including phenoxy) is 2. The number of thiocarbonyl (C=S) groups is 1. The van der Waals surface area contributed by atoms with Crippen LogP contribution in [0.15, 0.2) is 16.6 Å². The van der Waals surface area contributed by atoms with Crippen molar-refractivity contribution in [1.29, 1.82) is 0 Å². The summed E-state index contributed by atoms with van der Waals surface area (Å²) in [6.07, 6.45) is 0.614. The lowest BCUT2D eigenvalue weighted by molar-refractivity contribution is -0.125. The van der Waals surface area contributed by atoms with E-state index in [-0.39, 0.29) is 11.2 Å². The van der Waals surface area contributed by atoms with E-state index in [1.807, 2.05) is 26.0 Å². The molecular formula is C15H18BrNO3S2. The summed E-state index contributed by atoms with van der Waals surface area (Å²) in [7, 11) is 1.61. The number of methoxy groups -OCH3 is 1. The molecule has 1 amide bonds. The third kappa shape index (κ3) is 3.58. The van der Waals surface area contributed by atoms with Crippen molar-refractivity contribution < 1.29 is 14.3 Å². The quantitative estimate of drug-likeness (QED) is 0.677. The predicted octanol–water partition coefficient (Wildman–Crippen LogP) is 3.65. The van der Waals surface area contributed by atoms with E-state index in [9.17, 15) is 4.79 Å². The van der Waals surface area contributed by atoms with Gasteiger partial charge >= 0.3 is 0 Å². The number of rotatable bonds is 6. The summed E-state index contributed by atoms with van der Waals surface area (Å²) < 4.78 is 12.5. The zero-order valence-corrected chi connectivity index (χ0v) is 15.9. The van der Waals surface area contributed by atoms with Gasteiger partial charge in [0.15, 0.2) is 11.5 Å². The number of carbonyl (C=O) groups excluding carboxylic acids is 1. The number of hydrogen-bond acceptors (Lipinski definition) is 5. The van der Waals surface area contributed by atoms with Crippen molar-refractivity contribution in [3.8, 4) is 11.5 Å². The standard InChI is InChI=1S/C15H18BrNO3S2/c1-4-17-14(18)12(22-15(17)21)8-9-6-10(16)13(19-3)11(7-9)20-5-2/h6-7,12H,4-5,8H2,1-3H3/t12-/m0/s1. The van der Waals surface area contributed by atoms with Crippen LogP contribution in [0.1, 0.15) is 19.4 Å². The molecule has 0 N–H and O–H groups in total. The van der Waals surface area contributed by atoms with Gasteiger partial charge in [-0.3, -0.25) is 9.69 Å². The first-order chi connectivity index (χ1) is 10.5. The van der Waals surface area contributed by atoms with Crippen LogP contribution in [0.2, 0.25) is 0 Å². The molecule has 120 valence electrons. The molecule has 1 saturated heterocycles. The summed E-state index contributed by atoms with van der Waals surface area (Å²) in [5.74, 6) is 1.43. The largest absolute Gasteiger partial charge is 0.492 e. The van der Waals surface area contributed by atoms with Gasteiger partial charge < -0.3 is 9.47 Å². The highest BCUT2D eigenvalue weighted by atomic mass is 79.9. The molecule has 22 heavy (non-hydrogen) atoms. The van der Waals surface area contributed by atoms with Crippen molar-refractivity contribution in [2.45, 2.75) is 25.5 Å². The lowest BCUT2D eigenvalue weighted by Gasteiger charge is -2.15. The maximum absolute atomic E-state index is 12.3. The molecule has 1 heterocycles. The average Bonchev–Trinajstić information content (AvgIpc) is 2.73. The molecule has 0 aromatic heterocycles. The SMILES string of the molecule is CCOc1cc(C[C@@H]2SC(=S)N(CC)C2=O)cc(Br)c1OC. The fraction of sp³-hybridized carbons (Fsp3) is 0.467. The fourth-order valence-electron chi connectivity index (χ4n) is 2.33. The molecule has 1 aliphatic rings. The number of benzene rings is 1. The molecule has 7 heteroatoms.